The maximum Gasteiger partial charge on any atom is 0.341 e. The number of nitrogens with zero attached hydrogens (tertiary/aromatic N) is 1. The SMILES string of the molecule is COc1cc(/C=N/O)cc(Cl)c1OCC(=O)O. The summed E-state index contributed by atoms with van der Waals surface area (Å²) < 4.78 is 9.99. The fourth-order valence-corrected chi connectivity index (χ4v) is 1.43. The smallest absolute Gasteiger partial charge is 0.341 e. The van der Waals surface area contributed by atoms with Crippen LogP contribution in [0.1, 0.15) is 5.56 Å². The Morgan fingerprint density at radius 1 is 1.59 bits per heavy atom. The van der Waals surface area contributed by atoms with Gasteiger partial charge in [-0.25, -0.2) is 4.79 Å². The molecule has 0 spiro atoms. The Morgan fingerprint density at radius 3 is 2.82 bits per heavy atom. The van der Waals surface area contributed by atoms with E-state index in [1.165, 1.54) is 19.2 Å². The Hall–Kier alpha value is -1.95. The van der Waals surface area contributed by atoms with Crippen LogP contribution in [0.4, 0.5) is 0 Å². The van der Waals surface area contributed by atoms with E-state index in [0.29, 0.717) is 5.56 Å². The average molecular weight is 260 g/mol. The molecule has 6 nitrogen and oxygen atoms in total. The molecule has 1 aromatic carbocycles. The third-order valence-electron chi connectivity index (χ3n) is 1.80. The van der Waals surface area contributed by atoms with Gasteiger partial charge in [-0.05, 0) is 12.1 Å². The first kappa shape index (κ1) is 13.1. The van der Waals surface area contributed by atoms with Crippen molar-refractivity contribution in [2.75, 3.05) is 13.7 Å². The Balaban J connectivity index is 3.07. The van der Waals surface area contributed by atoms with Crippen LogP contribution < -0.4 is 9.47 Å². The standard InChI is InChI=1S/C10H10ClNO5/c1-16-8-3-6(4-12-15)2-7(11)10(8)17-5-9(13)14/h2-4,15H,5H2,1H3,(H,13,14)/b12-4+. The van der Waals surface area contributed by atoms with E-state index in [0.717, 1.165) is 6.21 Å². The number of halogens is 1. The number of hydrogen-bond donors (Lipinski definition) is 2. The van der Waals surface area contributed by atoms with Gasteiger partial charge < -0.3 is 19.8 Å². The number of carbonyl (C=O) groups is 1. The van der Waals surface area contributed by atoms with E-state index in [2.05, 4.69) is 5.16 Å². The summed E-state index contributed by atoms with van der Waals surface area (Å²) in [5.74, 6) is -0.732. The third-order valence-corrected chi connectivity index (χ3v) is 2.08. The van der Waals surface area contributed by atoms with Gasteiger partial charge in [0.1, 0.15) is 0 Å². The topological polar surface area (TPSA) is 88.4 Å². The van der Waals surface area contributed by atoms with E-state index < -0.39 is 12.6 Å². The first-order chi connectivity index (χ1) is 8.08. The minimum atomic E-state index is -1.12. The second-order valence-corrected chi connectivity index (χ2v) is 3.37. The zero-order valence-corrected chi connectivity index (χ0v) is 9.64. The van der Waals surface area contributed by atoms with E-state index in [1.54, 1.807) is 0 Å². The van der Waals surface area contributed by atoms with Crippen LogP contribution in [0.25, 0.3) is 0 Å². The molecular weight excluding hydrogens is 250 g/mol. The summed E-state index contributed by atoms with van der Waals surface area (Å²) in [5, 5.41) is 19.9. The molecule has 0 aliphatic heterocycles. The third kappa shape index (κ3) is 3.53. The molecule has 0 aromatic heterocycles. The molecule has 0 unspecified atom stereocenters. The summed E-state index contributed by atoms with van der Waals surface area (Å²) >= 11 is 5.89. The number of benzene rings is 1. The van der Waals surface area contributed by atoms with Crippen LogP contribution in [0, 0.1) is 0 Å². The zero-order valence-electron chi connectivity index (χ0n) is 8.88. The van der Waals surface area contributed by atoms with Crippen LogP contribution >= 0.6 is 11.6 Å². The predicted octanol–water partition coefficient (Wildman–Crippen LogP) is 1.62. The van der Waals surface area contributed by atoms with E-state index in [1.807, 2.05) is 0 Å². The minimum absolute atomic E-state index is 0.131. The molecule has 0 aliphatic carbocycles. The van der Waals surface area contributed by atoms with Gasteiger partial charge in [-0.3, -0.25) is 0 Å². The van der Waals surface area contributed by atoms with Crippen molar-refractivity contribution in [3.63, 3.8) is 0 Å². The highest BCUT2D eigenvalue weighted by molar-refractivity contribution is 6.32. The molecule has 0 saturated heterocycles. The molecule has 1 rings (SSSR count). The zero-order chi connectivity index (χ0) is 12.8. The first-order valence-electron chi connectivity index (χ1n) is 4.48. The van der Waals surface area contributed by atoms with Crippen molar-refractivity contribution < 1.29 is 24.6 Å². The number of hydrogen-bond acceptors (Lipinski definition) is 5. The van der Waals surface area contributed by atoms with Gasteiger partial charge in [0, 0.05) is 5.56 Å². The van der Waals surface area contributed by atoms with E-state index in [4.69, 9.17) is 31.4 Å². The normalized spacial score (nSPS) is 10.5. The molecule has 1 aromatic rings. The van der Waals surface area contributed by atoms with Gasteiger partial charge in [0.15, 0.2) is 18.1 Å². The van der Waals surface area contributed by atoms with Crippen molar-refractivity contribution in [2.45, 2.75) is 0 Å². The molecule has 0 aliphatic rings. The van der Waals surface area contributed by atoms with Crippen molar-refractivity contribution >= 4 is 23.8 Å². The molecule has 92 valence electrons. The molecule has 0 saturated carbocycles. The number of aliphatic carboxylic acids is 1. The molecule has 0 amide bonds. The van der Waals surface area contributed by atoms with Gasteiger partial charge in [0.25, 0.3) is 0 Å². The fraction of sp³-hybridized carbons (Fsp3) is 0.200. The van der Waals surface area contributed by atoms with Gasteiger partial charge in [-0.2, -0.15) is 0 Å². The van der Waals surface area contributed by atoms with Crippen LogP contribution in [0.15, 0.2) is 17.3 Å². The number of ether oxygens (including phenoxy) is 2. The van der Waals surface area contributed by atoms with Crippen molar-refractivity contribution in [3.05, 3.63) is 22.7 Å². The van der Waals surface area contributed by atoms with Crippen LogP contribution in [0.5, 0.6) is 11.5 Å². The number of oxime groups is 1. The maximum atomic E-state index is 10.4. The van der Waals surface area contributed by atoms with Crippen LogP contribution in [-0.4, -0.2) is 36.2 Å². The van der Waals surface area contributed by atoms with Gasteiger partial charge in [-0.1, -0.05) is 16.8 Å². The Kier molecular flexibility index (Phi) is 4.59. The summed E-state index contributed by atoms with van der Waals surface area (Å²) in [6.07, 6.45) is 1.16. The number of rotatable bonds is 5. The van der Waals surface area contributed by atoms with Gasteiger partial charge in [0.05, 0.1) is 18.3 Å². The second-order valence-electron chi connectivity index (χ2n) is 2.96. The fourth-order valence-electron chi connectivity index (χ4n) is 1.15. The van der Waals surface area contributed by atoms with Crippen LogP contribution in [0.3, 0.4) is 0 Å². The molecule has 2 N–H and O–H groups in total. The quantitative estimate of drug-likeness (QED) is 0.477. The molecule has 0 radical (unpaired) electrons. The Labute approximate surface area is 102 Å². The maximum absolute atomic E-state index is 10.4. The van der Waals surface area contributed by atoms with Crippen LogP contribution in [-0.2, 0) is 4.79 Å². The summed E-state index contributed by atoms with van der Waals surface area (Å²) in [6, 6.07) is 2.96. The first-order valence-corrected chi connectivity index (χ1v) is 4.85. The lowest BCUT2D eigenvalue weighted by Crippen LogP contribution is -2.10. The lowest BCUT2D eigenvalue weighted by molar-refractivity contribution is -0.139. The lowest BCUT2D eigenvalue weighted by Gasteiger charge is -2.11. The molecule has 0 atom stereocenters. The second kappa shape index (κ2) is 5.95. The average Bonchev–Trinajstić information content (AvgIpc) is 2.27. The summed E-state index contributed by atoms with van der Waals surface area (Å²) in [4.78, 5) is 10.4. The highest BCUT2D eigenvalue weighted by Gasteiger charge is 2.12. The molecule has 7 heteroatoms. The van der Waals surface area contributed by atoms with E-state index >= 15 is 0 Å². The molecule has 0 bridgehead atoms. The molecule has 17 heavy (non-hydrogen) atoms. The van der Waals surface area contributed by atoms with Crippen molar-refractivity contribution in [3.8, 4) is 11.5 Å². The van der Waals surface area contributed by atoms with Crippen molar-refractivity contribution in [1.82, 2.24) is 0 Å². The highest BCUT2D eigenvalue weighted by Crippen LogP contribution is 2.35. The predicted molar refractivity (Wildman–Crippen MR) is 60.5 cm³/mol. The monoisotopic (exact) mass is 259 g/mol. The Bertz CT molecular complexity index is 447. The van der Waals surface area contributed by atoms with E-state index in [9.17, 15) is 4.79 Å². The van der Waals surface area contributed by atoms with Gasteiger partial charge >= 0.3 is 5.97 Å². The van der Waals surface area contributed by atoms with Crippen molar-refractivity contribution in [1.29, 1.82) is 0 Å². The molecular formula is C10H10ClNO5. The summed E-state index contributed by atoms with van der Waals surface area (Å²) in [7, 11) is 1.39. The Morgan fingerprint density at radius 2 is 2.29 bits per heavy atom. The van der Waals surface area contributed by atoms with Gasteiger partial charge in [-0.15, -0.1) is 0 Å². The number of methoxy groups -OCH3 is 1. The summed E-state index contributed by atoms with van der Waals surface area (Å²) in [5.41, 5.74) is 0.497. The van der Waals surface area contributed by atoms with Crippen LogP contribution in [0.2, 0.25) is 5.02 Å². The number of carboxylic acids is 1. The summed E-state index contributed by atoms with van der Waals surface area (Å²) in [6.45, 7) is -0.524. The minimum Gasteiger partial charge on any atom is -0.493 e. The number of carboxylic acid groups (broad SMARTS) is 1. The van der Waals surface area contributed by atoms with Crippen molar-refractivity contribution in [2.24, 2.45) is 5.16 Å². The largest absolute Gasteiger partial charge is 0.493 e. The molecule has 0 fully saturated rings. The highest BCUT2D eigenvalue weighted by atomic mass is 35.5. The molecule has 0 heterocycles. The lowest BCUT2D eigenvalue weighted by atomic mass is 10.2. The van der Waals surface area contributed by atoms with E-state index in [-0.39, 0.29) is 16.5 Å². The van der Waals surface area contributed by atoms with Gasteiger partial charge in [0.2, 0.25) is 0 Å².